The largest absolute Gasteiger partial charge is 0.496 e. The van der Waals surface area contributed by atoms with Crippen molar-refractivity contribution in [2.24, 2.45) is 5.92 Å². The average Bonchev–Trinajstić information content (AvgIpc) is 3.16. The first-order valence-electron chi connectivity index (χ1n) is 8.56. The molecule has 4 rings (SSSR count). The van der Waals surface area contributed by atoms with Crippen molar-refractivity contribution < 1.29 is 14.4 Å². The third kappa shape index (κ3) is 2.49. The maximum atomic E-state index is 11.3. The van der Waals surface area contributed by atoms with Crippen LogP contribution >= 0.6 is 0 Å². The first kappa shape index (κ1) is 16.4. The van der Waals surface area contributed by atoms with E-state index in [1.165, 1.54) is 13.2 Å². The Kier molecular flexibility index (Phi) is 4.03. The molecule has 0 radical (unpaired) electrons. The number of para-hydroxylation sites is 1. The standard InChI is InChI=1S/C20H20N2O4/c1-25-17-9-4-3-6-15(17)19-14-8-5-7-13(14)16-10-12(22(23)24)11-18(26-2)20(16)21-19/h3-7,9-11,13-14,19,21H,8H2,1-2H3/t13-,14+,19-/m1/s1. The van der Waals surface area contributed by atoms with Gasteiger partial charge in [-0.2, -0.15) is 0 Å². The number of ether oxygens (including phenoxy) is 2. The highest BCUT2D eigenvalue weighted by Crippen LogP contribution is 2.54. The number of methoxy groups -OCH3 is 2. The van der Waals surface area contributed by atoms with E-state index in [1.807, 2.05) is 18.2 Å². The van der Waals surface area contributed by atoms with Gasteiger partial charge in [0.05, 0.1) is 36.9 Å². The first-order chi connectivity index (χ1) is 12.6. The van der Waals surface area contributed by atoms with Gasteiger partial charge >= 0.3 is 0 Å². The summed E-state index contributed by atoms with van der Waals surface area (Å²) in [4.78, 5) is 10.9. The Morgan fingerprint density at radius 3 is 2.62 bits per heavy atom. The number of nitro benzene ring substituents is 1. The second-order valence-electron chi connectivity index (χ2n) is 6.59. The Morgan fingerprint density at radius 2 is 1.88 bits per heavy atom. The molecule has 6 nitrogen and oxygen atoms in total. The van der Waals surface area contributed by atoms with E-state index < -0.39 is 0 Å². The minimum Gasteiger partial charge on any atom is -0.496 e. The zero-order valence-corrected chi connectivity index (χ0v) is 14.6. The normalized spacial score (nSPS) is 22.9. The van der Waals surface area contributed by atoms with Crippen molar-refractivity contribution in [3.63, 3.8) is 0 Å². The van der Waals surface area contributed by atoms with Crippen LogP contribution in [0.5, 0.6) is 11.5 Å². The molecular formula is C20H20N2O4. The van der Waals surface area contributed by atoms with Crippen LogP contribution in [-0.4, -0.2) is 19.1 Å². The van der Waals surface area contributed by atoms with Crippen molar-refractivity contribution in [3.8, 4) is 11.5 Å². The van der Waals surface area contributed by atoms with Gasteiger partial charge in [-0.1, -0.05) is 30.4 Å². The zero-order valence-electron chi connectivity index (χ0n) is 14.6. The number of nitrogens with one attached hydrogen (secondary N) is 1. The third-order valence-corrected chi connectivity index (χ3v) is 5.32. The number of nitro groups is 1. The summed E-state index contributed by atoms with van der Waals surface area (Å²) < 4.78 is 11.0. The van der Waals surface area contributed by atoms with E-state index in [0.29, 0.717) is 5.75 Å². The van der Waals surface area contributed by atoms with E-state index in [1.54, 1.807) is 13.2 Å². The van der Waals surface area contributed by atoms with Crippen molar-refractivity contribution in [1.29, 1.82) is 0 Å². The minimum absolute atomic E-state index is 0.0361. The van der Waals surface area contributed by atoms with E-state index in [2.05, 4.69) is 23.5 Å². The minimum atomic E-state index is -0.372. The molecule has 0 saturated heterocycles. The van der Waals surface area contributed by atoms with Crippen molar-refractivity contribution in [1.82, 2.24) is 0 Å². The average molecular weight is 352 g/mol. The van der Waals surface area contributed by atoms with Gasteiger partial charge in [-0.3, -0.25) is 10.1 Å². The molecular weight excluding hydrogens is 332 g/mol. The van der Waals surface area contributed by atoms with Gasteiger partial charge in [0.15, 0.2) is 0 Å². The number of hydrogen-bond donors (Lipinski definition) is 1. The molecule has 1 heterocycles. The molecule has 6 heteroatoms. The maximum Gasteiger partial charge on any atom is 0.273 e. The lowest BCUT2D eigenvalue weighted by atomic mass is 9.76. The second-order valence-corrected chi connectivity index (χ2v) is 6.59. The van der Waals surface area contributed by atoms with E-state index in [9.17, 15) is 10.1 Å². The fourth-order valence-electron chi connectivity index (χ4n) is 4.15. The maximum absolute atomic E-state index is 11.3. The quantitative estimate of drug-likeness (QED) is 0.500. The van der Waals surface area contributed by atoms with Crippen LogP contribution in [0.15, 0.2) is 48.6 Å². The van der Waals surface area contributed by atoms with Crippen LogP contribution in [0.2, 0.25) is 0 Å². The number of benzene rings is 2. The number of non-ortho nitro benzene ring substituents is 1. The molecule has 134 valence electrons. The van der Waals surface area contributed by atoms with Crippen LogP contribution in [0.25, 0.3) is 0 Å². The van der Waals surface area contributed by atoms with E-state index in [0.717, 1.165) is 29.0 Å². The van der Waals surface area contributed by atoms with Crippen molar-refractivity contribution in [2.75, 3.05) is 19.5 Å². The second kappa shape index (κ2) is 6.37. The third-order valence-electron chi connectivity index (χ3n) is 5.32. The smallest absolute Gasteiger partial charge is 0.273 e. The number of rotatable bonds is 4. The number of allylic oxidation sites excluding steroid dienone is 2. The molecule has 0 bridgehead atoms. The summed E-state index contributed by atoms with van der Waals surface area (Å²) in [5, 5.41) is 14.9. The topological polar surface area (TPSA) is 73.6 Å². The van der Waals surface area contributed by atoms with Crippen LogP contribution in [-0.2, 0) is 0 Å². The molecule has 1 N–H and O–H groups in total. The summed E-state index contributed by atoms with van der Waals surface area (Å²) in [5.74, 6) is 1.70. The molecule has 2 aromatic rings. The lowest BCUT2D eigenvalue weighted by Gasteiger charge is -2.38. The Hall–Kier alpha value is -3.02. The van der Waals surface area contributed by atoms with E-state index in [-0.39, 0.29) is 28.5 Å². The summed E-state index contributed by atoms with van der Waals surface area (Å²) in [5.41, 5.74) is 2.87. The molecule has 2 aliphatic rings. The summed E-state index contributed by atoms with van der Waals surface area (Å²) in [6.07, 6.45) is 5.21. The van der Waals surface area contributed by atoms with Gasteiger partial charge in [0.2, 0.25) is 0 Å². The van der Waals surface area contributed by atoms with Crippen LogP contribution in [0.4, 0.5) is 11.4 Å². The van der Waals surface area contributed by atoms with Crippen molar-refractivity contribution >= 4 is 11.4 Å². The predicted molar refractivity (Wildman–Crippen MR) is 99.0 cm³/mol. The van der Waals surface area contributed by atoms with Gasteiger partial charge in [0.25, 0.3) is 5.69 Å². The highest BCUT2D eigenvalue weighted by molar-refractivity contribution is 5.71. The van der Waals surface area contributed by atoms with E-state index in [4.69, 9.17) is 9.47 Å². The summed E-state index contributed by atoms with van der Waals surface area (Å²) in [6, 6.07) is 11.1. The monoisotopic (exact) mass is 352 g/mol. The molecule has 26 heavy (non-hydrogen) atoms. The molecule has 1 aliphatic carbocycles. The summed E-state index contributed by atoms with van der Waals surface area (Å²) in [6.45, 7) is 0. The number of anilines is 1. The molecule has 0 amide bonds. The van der Waals surface area contributed by atoms with E-state index >= 15 is 0 Å². The Bertz CT molecular complexity index is 893. The fraction of sp³-hybridized carbons (Fsp3) is 0.300. The highest BCUT2D eigenvalue weighted by Gasteiger charge is 2.41. The zero-order chi connectivity index (χ0) is 18.3. The Balaban J connectivity index is 1.86. The summed E-state index contributed by atoms with van der Waals surface area (Å²) >= 11 is 0. The molecule has 2 aromatic carbocycles. The lowest BCUT2D eigenvalue weighted by Crippen LogP contribution is -2.29. The molecule has 1 aliphatic heterocycles. The van der Waals surface area contributed by atoms with Gasteiger partial charge in [-0.15, -0.1) is 0 Å². The Labute approximate surface area is 151 Å². The first-order valence-corrected chi connectivity index (χ1v) is 8.56. The number of nitrogens with zero attached hydrogens (tertiary/aromatic N) is 1. The van der Waals surface area contributed by atoms with Crippen molar-refractivity contribution in [3.05, 3.63) is 69.8 Å². The molecule has 0 spiro atoms. The molecule has 0 unspecified atom stereocenters. The molecule has 0 saturated carbocycles. The van der Waals surface area contributed by atoms with Crippen LogP contribution < -0.4 is 14.8 Å². The highest BCUT2D eigenvalue weighted by atomic mass is 16.6. The van der Waals surface area contributed by atoms with Crippen molar-refractivity contribution in [2.45, 2.75) is 18.4 Å². The molecule has 3 atom stereocenters. The van der Waals surface area contributed by atoms with Gasteiger partial charge in [-0.25, -0.2) is 0 Å². The van der Waals surface area contributed by atoms with Crippen LogP contribution in [0.3, 0.4) is 0 Å². The number of hydrogen-bond acceptors (Lipinski definition) is 5. The van der Waals surface area contributed by atoms with Gasteiger partial charge in [0.1, 0.15) is 11.5 Å². The van der Waals surface area contributed by atoms with Gasteiger partial charge in [-0.05, 0) is 24.0 Å². The van der Waals surface area contributed by atoms with Crippen LogP contribution in [0.1, 0.15) is 29.5 Å². The SMILES string of the molecule is COc1ccccc1[C@@H]1Nc2c(OC)cc([N+](=O)[O-])cc2[C@@H]2C=CC[C@@H]21. The number of fused-ring (bicyclic) bond motifs is 3. The van der Waals surface area contributed by atoms with Gasteiger partial charge in [0, 0.05) is 17.5 Å². The lowest BCUT2D eigenvalue weighted by molar-refractivity contribution is -0.385. The molecule has 0 fully saturated rings. The Morgan fingerprint density at radius 1 is 1.12 bits per heavy atom. The predicted octanol–water partition coefficient (Wildman–Crippen LogP) is 4.44. The fourth-order valence-corrected chi connectivity index (χ4v) is 4.15. The molecule has 0 aromatic heterocycles. The summed E-state index contributed by atoms with van der Waals surface area (Å²) in [7, 11) is 3.21. The van der Waals surface area contributed by atoms with Gasteiger partial charge < -0.3 is 14.8 Å². The van der Waals surface area contributed by atoms with Crippen LogP contribution in [0, 0.1) is 16.0 Å².